The molecule has 4 aromatic rings. The Morgan fingerprint density at radius 1 is 1.11 bits per heavy atom. The van der Waals surface area contributed by atoms with Crippen LogP contribution in [-0.2, 0) is 6.42 Å². The molecule has 35 heavy (non-hydrogen) atoms. The van der Waals surface area contributed by atoms with Crippen molar-refractivity contribution in [2.45, 2.75) is 32.6 Å². The molecule has 0 spiro atoms. The van der Waals surface area contributed by atoms with Crippen molar-refractivity contribution in [2.24, 2.45) is 11.7 Å². The molecular weight excluding hydrogens is 463 g/mol. The second kappa shape index (κ2) is 9.72. The van der Waals surface area contributed by atoms with Gasteiger partial charge >= 0.3 is 0 Å². The van der Waals surface area contributed by atoms with Crippen LogP contribution in [0.4, 0.5) is 15.8 Å². The number of aromatic nitrogens is 2. The Hall–Kier alpha value is -3.35. The van der Waals surface area contributed by atoms with Gasteiger partial charge in [0.1, 0.15) is 5.82 Å². The largest absolute Gasteiger partial charge is 0.353 e. The number of halogens is 2. The summed E-state index contributed by atoms with van der Waals surface area (Å²) in [6, 6.07) is 12.8. The number of carbonyl (C=O) groups is 1. The Morgan fingerprint density at radius 3 is 2.63 bits per heavy atom. The van der Waals surface area contributed by atoms with Gasteiger partial charge in [-0.2, -0.15) is 0 Å². The zero-order chi connectivity index (χ0) is 24.5. The highest BCUT2D eigenvalue weighted by Gasteiger charge is 2.32. The van der Waals surface area contributed by atoms with Crippen LogP contribution in [0.3, 0.4) is 0 Å². The predicted octanol–water partition coefficient (Wildman–Crippen LogP) is 6.63. The highest BCUT2D eigenvalue weighted by molar-refractivity contribution is 6.31. The van der Waals surface area contributed by atoms with E-state index in [0.717, 1.165) is 53.5 Å². The highest BCUT2D eigenvalue weighted by atomic mass is 35.5. The molecule has 1 aliphatic carbocycles. The van der Waals surface area contributed by atoms with Gasteiger partial charge in [-0.1, -0.05) is 17.7 Å². The van der Waals surface area contributed by atoms with Crippen molar-refractivity contribution < 1.29 is 9.18 Å². The van der Waals surface area contributed by atoms with Crippen LogP contribution in [0.2, 0.25) is 5.02 Å². The number of nitrogens with zero attached hydrogens (tertiary/aromatic N) is 2. The fourth-order valence-corrected chi connectivity index (χ4v) is 4.35. The molecule has 178 valence electrons. The monoisotopic (exact) mass is 488 g/mol. The van der Waals surface area contributed by atoms with Gasteiger partial charge < -0.3 is 11.1 Å². The Balaban J connectivity index is 1.60. The molecule has 5 nitrogen and oxygen atoms in total. The number of rotatable bonds is 8. The topological polar surface area (TPSA) is 80.9 Å². The van der Waals surface area contributed by atoms with E-state index in [1.165, 1.54) is 6.07 Å². The van der Waals surface area contributed by atoms with Crippen molar-refractivity contribution in [2.75, 3.05) is 11.9 Å². The summed E-state index contributed by atoms with van der Waals surface area (Å²) in [6.45, 7) is 2.27. The van der Waals surface area contributed by atoms with Crippen LogP contribution >= 0.6 is 11.6 Å². The van der Waals surface area contributed by atoms with Gasteiger partial charge in [-0.3, -0.25) is 14.8 Å². The zero-order valence-corrected chi connectivity index (χ0v) is 20.2. The first-order valence-electron chi connectivity index (χ1n) is 11.8. The van der Waals surface area contributed by atoms with Crippen LogP contribution < -0.4 is 11.1 Å². The van der Waals surface area contributed by atoms with E-state index in [0.29, 0.717) is 33.9 Å². The summed E-state index contributed by atoms with van der Waals surface area (Å²) in [7, 11) is 0. The third-order valence-corrected chi connectivity index (χ3v) is 6.82. The van der Waals surface area contributed by atoms with Gasteiger partial charge in [0.15, 0.2) is 5.78 Å². The number of hydrogen-bond donors (Lipinski definition) is 2. The van der Waals surface area contributed by atoms with E-state index >= 15 is 0 Å². The molecule has 2 aromatic heterocycles. The van der Waals surface area contributed by atoms with Gasteiger partial charge in [0.05, 0.1) is 28.7 Å². The number of nitrogens with one attached hydrogen (secondary N) is 1. The van der Waals surface area contributed by atoms with Gasteiger partial charge in [0.2, 0.25) is 0 Å². The van der Waals surface area contributed by atoms with Crippen LogP contribution in [0.1, 0.15) is 40.9 Å². The zero-order valence-electron chi connectivity index (χ0n) is 19.4. The van der Waals surface area contributed by atoms with Crippen molar-refractivity contribution in [3.8, 4) is 11.1 Å². The first-order chi connectivity index (χ1) is 16.9. The number of ketones is 1. The summed E-state index contributed by atoms with van der Waals surface area (Å²) < 4.78 is 14.4. The van der Waals surface area contributed by atoms with E-state index in [-0.39, 0.29) is 17.5 Å². The Morgan fingerprint density at radius 2 is 1.94 bits per heavy atom. The summed E-state index contributed by atoms with van der Waals surface area (Å²) in [5.74, 6) is -0.230. The molecule has 5 rings (SSSR count). The first kappa shape index (κ1) is 23.4. The van der Waals surface area contributed by atoms with Crippen LogP contribution in [0.15, 0.2) is 54.9 Å². The second-order valence-corrected chi connectivity index (χ2v) is 9.44. The molecular formula is C28H26ClFN4O. The molecule has 2 heterocycles. The Kier molecular flexibility index (Phi) is 6.50. The van der Waals surface area contributed by atoms with Crippen molar-refractivity contribution in [1.29, 1.82) is 0 Å². The maximum atomic E-state index is 14.4. The minimum Gasteiger partial charge on any atom is -0.353 e. The second-order valence-electron chi connectivity index (χ2n) is 9.04. The lowest BCUT2D eigenvalue weighted by Crippen LogP contribution is -2.08. The number of nitrogens with two attached hydrogens (primary N) is 1. The SMILES string of the molecule is Cc1c(F)cc(-c2ccc3ncc(C(=O)C4CC4)c(Nc4ccc(CCCN)nc4)c3c2)cc1Cl. The van der Waals surface area contributed by atoms with Crippen LogP contribution in [0.5, 0.6) is 0 Å². The summed E-state index contributed by atoms with van der Waals surface area (Å²) in [4.78, 5) is 22.2. The van der Waals surface area contributed by atoms with E-state index in [1.54, 1.807) is 25.4 Å². The number of benzene rings is 2. The van der Waals surface area contributed by atoms with Crippen molar-refractivity contribution in [3.63, 3.8) is 0 Å². The molecule has 1 fully saturated rings. The molecule has 0 unspecified atom stereocenters. The van der Waals surface area contributed by atoms with Crippen molar-refractivity contribution in [3.05, 3.63) is 82.5 Å². The smallest absolute Gasteiger partial charge is 0.169 e. The average Bonchev–Trinajstić information content (AvgIpc) is 3.72. The number of carbonyl (C=O) groups excluding carboxylic acids is 1. The number of anilines is 2. The van der Waals surface area contributed by atoms with E-state index in [1.807, 2.05) is 30.3 Å². The van der Waals surface area contributed by atoms with Crippen LogP contribution in [0.25, 0.3) is 22.0 Å². The minimum atomic E-state index is -0.359. The van der Waals surface area contributed by atoms with Crippen molar-refractivity contribution in [1.82, 2.24) is 9.97 Å². The van der Waals surface area contributed by atoms with Crippen LogP contribution in [-0.4, -0.2) is 22.3 Å². The maximum absolute atomic E-state index is 14.4. The Bertz CT molecular complexity index is 1390. The number of hydrogen-bond acceptors (Lipinski definition) is 5. The van der Waals surface area contributed by atoms with Crippen molar-refractivity contribution >= 4 is 39.7 Å². The third-order valence-electron chi connectivity index (χ3n) is 6.43. The predicted molar refractivity (Wildman–Crippen MR) is 139 cm³/mol. The maximum Gasteiger partial charge on any atom is 0.169 e. The molecule has 0 saturated heterocycles. The lowest BCUT2D eigenvalue weighted by Gasteiger charge is -2.15. The molecule has 1 aliphatic rings. The first-order valence-corrected chi connectivity index (χ1v) is 12.2. The number of fused-ring (bicyclic) bond motifs is 1. The molecule has 7 heteroatoms. The van der Waals surface area contributed by atoms with Gasteiger partial charge in [-0.05, 0) is 86.7 Å². The molecule has 0 radical (unpaired) electrons. The van der Waals surface area contributed by atoms with E-state index < -0.39 is 0 Å². The molecule has 0 amide bonds. The lowest BCUT2D eigenvalue weighted by molar-refractivity contribution is 0.0968. The Labute approximate surface area is 208 Å². The molecule has 1 saturated carbocycles. The number of Topliss-reactive ketones (excluding diaryl/α,β-unsaturated/α-hetero) is 1. The molecule has 0 atom stereocenters. The number of pyridine rings is 2. The summed E-state index contributed by atoms with van der Waals surface area (Å²) in [5, 5.41) is 4.57. The fraction of sp³-hybridized carbons (Fsp3) is 0.250. The summed E-state index contributed by atoms with van der Waals surface area (Å²) in [6.07, 6.45) is 6.91. The molecule has 0 bridgehead atoms. The summed E-state index contributed by atoms with van der Waals surface area (Å²) >= 11 is 6.26. The third kappa shape index (κ3) is 4.90. The minimum absolute atomic E-state index is 0.0414. The molecule has 0 aliphatic heterocycles. The lowest BCUT2D eigenvalue weighted by atomic mass is 9.98. The van der Waals surface area contributed by atoms with Crippen LogP contribution in [0, 0.1) is 18.7 Å². The van der Waals surface area contributed by atoms with E-state index in [9.17, 15) is 9.18 Å². The molecule has 3 N–H and O–H groups in total. The van der Waals surface area contributed by atoms with Gasteiger partial charge in [-0.25, -0.2) is 4.39 Å². The normalized spacial score (nSPS) is 13.3. The van der Waals surface area contributed by atoms with E-state index in [2.05, 4.69) is 15.3 Å². The average molecular weight is 489 g/mol. The molecule has 2 aromatic carbocycles. The quantitative estimate of drug-likeness (QED) is 0.272. The fourth-order valence-electron chi connectivity index (χ4n) is 4.14. The number of aryl methyl sites for hydroxylation is 1. The van der Waals surface area contributed by atoms with Gasteiger partial charge in [-0.15, -0.1) is 0 Å². The summed E-state index contributed by atoms with van der Waals surface area (Å²) in [5.41, 5.74) is 11.2. The van der Waals surface area contributed by atoms with Gasteiger partial charge in [0.25, 0.3) is 0 Å². The van der Waals surface area contributed by atoms with E-state index in [4.69, 9.17) is 17.3 Å². The standard InChI is InChI=1S/C28H26ClFN4O/c1-16-24(29)12-19(13-25(16)30)18-6-9-26-22(11-18)27(23(15-33-26)28(35)17-4-5-17)34-21-8-7-20(32-14-21)3-2-10-31/h6-9,11-15,17H,2-5,10,31H2,1H3,(H,33,34). The van der Waals surface area contributed by atoms with Gasteiger partial charge in [0, 0.05) is 33.8 Å². The highest BCUT2D eigenvalue weighted by Crippen LogP contribution is 2.39.